The highest BCUT2D eigenvalue weighted by Crippen LogP contribution is 2.29. The van der Waals surface area contributed by atoms with Gasteiger partial charge in [-0.1, -0.05) is 0 Å². The fraction of sp³-hybridized carbons (Fsp3) is 0.458. The molecule has 3 N–H and O–H groups in total. The molecule has 1 saturated heterocycles. The zero-order valence-corrected chi connectivity index (χ0v) is 20.9. The van der Waals surface area contributed by atoms with Crippen LogP contribution in [-0.4, -0.2) is 66.4 Å². The van der Waals surface area contributed by atoms with Crippen LogP contribution in [0.15, 0.2) is 35.6 Å². The minimum absolute atomic E-state index is 0.0591. The summed E-state index contributed by atoms with van der Waals surface area (Å²) in [5.41, 5.74) is 11.6. The largest absolute Gasteiger partial charge is 0.381 e. The summed E-state index contributed by atoms with van der Waals surface area (Å²) in [5, 5.41) is 4.23. The van der Waals surface area contributed by atoms with Gasteiger partial charge in [-0.15, -0.1) is 0 Å². The van der Waals surface area contributed by atoms with E-state index in [1.807, 2.05) is 0 Å². The second-order valence-corrected chi connectivity index (χ2v) is 11.2. The third-order valence-electron chi connectivity index (χ3n) is 6.82. The van der Waals surface area contributed by atoms with Gasteiger partial charge in [0.1, 0.15) is 4.90 Å². The summed E-state index contributed by atoms with van der Waals surface area (Å²) in [7, 11) is -1.59. The van der Waals surface area contributed by atoms with Gasteiger partial charge in [-0.3, -0.25) is 0 Å². The summed E-state index contributed by atoms with van der Waals surface area (Å²) < 4.78 is 35.1. The van der Waals surface area contributed by atoms with Gasteiger partial charge in [0.2, 0.25) is 10.0 Å². The standard InChI is InChI=1S/C24H31N7O3S/c1-16-9-18(10-19-14-30(2)6-3-21(16)19)22-13-26-23(25)24(29-22)31-15-20(12-27-31)35(32,33)28-11-17-4-7-34-8-5-17/h9-10,12-13,15,17,28H,3-8,11,14H2,1-2H3,(H2,25,26). The molecule has 10 nitrogen and oxygen atoms in total. The zero-order valence-electron chi connectivity index (χ0n) is 20.1. The molecule has 186 valence electrons. The molecule has 2 aliphatic heterocycles. The van der Waals surface area contributed by atoms with Crippen molar-refractivity contribution in [1.82, 2.24) is 29.4 Å². The number of hydrogen-bond donors (Lipinski definition) is 2. The Morgan fingerprint density at radius 2 is 2.03 bits per heavy atom. The van der Waals surface area contributed by atoms with Gasteiger partial charge in [-0.2, -0.15) is 5.10 Å². The molecule has 0 bridgehead atoms. The molecule has 4 heterocycles. The monoisotopic (exact) mass is 497 g/mol. The van der Waals surface area contributed by atoms with Gasteiger partial charge in [0, 0.05) is 38.4 Å². The minimum atomic E-state index is -3.71. The molecule has 2 aromatic heterocycles. The molecule has 0 atom stereocenters. The number of sulfonamides is 1. The van der Waals surface area contributed by atoms with Crippen molar-refractivity contribution < 1.29 is 13.2 Å². The first-order chi connectivity index (χ1) is 16.8. The Morgan fingerprint density at radius 3 is 2.83 bits per heavy atom. The van der Waals surface area contributed by atoms with Crippen LogP contribution < -0.4 is 10.5 Å². The maximum absolute atomic E-state index is 12.8. The first-order valence-corrected chi connectivity index (χ1v) is 13.3. The summed E-state index contributed by atoms with van der Waals surface area (Å²) in [6.45, 7) is 5.77. The Hall–Kier alpha value is -2.86. The summed E-state index contributed by atoms with van der Waals surface area (Å²) in [6.07, 6.45) is 7.09. The Bertz CT molecular complexity index is 1330. The Balaban J connectivity index is 1.40. The molecule has 0 aliphatic carbocycles. The molecule has 35 heavy (non-hydrogen) atoms. The van der Waals surface area contributed by atoms with Crippen LogP contribution >= 0.6 is 0 Å². The maximum Gasteiger partial charge on any atom is 0.243 e. The Labute approximate surface area is 205 Å². The van der Waals surface area contributed by atoms with E-state index in [4.69, 9.17) is 15.5 Å². The topological polar surface area (TPSA) is 128 Å². The van der Waals surface area contributed by atoms with Crippen LogP contribution in [0.1, 0.15) is 29.5 Å². The van der Waals surface area contributed by atoms with Gasteiger partial charge >= 0.3 is 0 Å². The van der Waals surface area contributed by atoms with Gasteiger partial charge in [0.25, 0.3) is 0 Å². The van der Waals surface area contributed by atoms with E-state index in [1.165, 1.54) is 33.8 Å². The molecule has 5 rings (SSSR count). The fourth-order valence-electron chi connectivity index (χ4n) is 4.73. The molecule has 0 saturated carbocycles. The molecule has 11 heteroatoms. The summed E-state index contributed by atoms with van der Waals surface area (Å²) in [6, 6.07) is 4.27. The molecule has 1 aromatic carbocycles. The lowest BCUT2D eigenvalue weighted by atomic mass is 9.92. The number of anilines is 1. The van der Waals surface area contributed by atoms with Gasteiger partial charge in [0.05, 0.1) is 24.3 Å². The number of hydrogen-bond acceptors (Lipinski definition) is 8. The van der Waals surface area contributed by atoms with Gasteiger partial charge in [0.15, 0.2) is 11.6 Å². The van der Waals surface area contributed by atoms with Gasteiger partial charge < -0.3 is 15.4 Å². The predicted octanol–water partition coefficient (Wildman–Crippen LogP) is 1.91. The van der Waals surface area contributed by atoms with Crippen LogP contribution in [0.25, 0.3) is 17.1 Å². The number of rotatable bonds is 6. The lowest BCUT2D eigenvalue weighted by molar-refractivity contribution is 0.0678. The summed E-state index contributed by atoms with van der Waals surface area (Å²) in [4.78, 5) is 11.4. The average Bonchev–Trinajstić information content (AvgIpc) is 3.35. The van der Waals surface area contributed by atoms with Crippen molar-refractivity contribution in [3.8, 4) is 17.1 Å². The van der Waals surface area contributed by atoms with E-state index in [0.717, 1.165) is 37.9 Å². The number of ether oxygens (including phenoxy) is 1. The van der Waals surface area contributed by atoms with Crippen molar-refractivity contribution in [3.05, 3.63) is 47.4 Å². The lowest BCUT2D eigenvalue weighted by Crippen LogP contribution is -2.32. The number of aryl methyl sites for hydroxylation is 1. The number of benzene rings is 1. The normalized spacial score (nSPS) is 17.4. The smallest absolute Gasteiger partial charge is 0.243 e. The van der Waals surface area contributed by atoms with E-state index in [1.54, 1.807) is 6.20 Å². The Kier molecular flexibility index (Phi) is 6.58. The molecule has 3 aromatic rings. The third kappa shape index (κ3) is 5.08. The number of nitrogens with zero attached hydrogens (tertiary/aromatic N) is 5. The van der Waals surface area contributed by atoms with Crippen LogP contribution in [-0.2, 0) is 27.7 Å². The van der Waals surface area contributed by atoms with Crippen molar-refractivity contribution in [2.75, 3.05) is 39.1 Å². The third-order valence-corrected chi connectivity index (χ3v) is 8.19. The van der Waals surface area contributed by atoms with E-state index < -0.39 is 10.0 Å². The van der Waals surface area contributed by atoms with E-state index in [0.29, 0.717) is 31.3 Å². The summed E-state index contributed by atoms with van der Waals surface area (Å²) >= 11 is 0. The second-order valence-electron chi connectivity index (χ2n) is 9.41. The van der Waals surface area contributed by atoms with Crippen molar-refractivity contribution in [2.24, 2.45) is 5.92 Å². The first kappa shape index (κ1) is 23.9. The number of nitrogen functional groups attached to an aromatic ring is 1. The number of aromatic nitrogens is 4. The van der Waals surface area contributed by atoms with E-state index >= 15 is 0 Å². The highest BCUT2D eigenvalue weighted by Gasteiger charge is 2.22. The van der Waals surface area contributed by atoms with Gasteiger partial charge in [-0.25, -0.2) is 27.8 Å². The van der Waals surface area contributed by atoms with Crippen LogP contribution in [0.2, 0.25) is 0 Å². The molecule has 0 spiro atoms. The molecule has 1 fully saturated rings. The van der Waals surface area contributed by atoms with Crippen molar-refractivity contribution in [1.29, 1.82) is 0 Å². The first-order valence-electron chi connectivity index (χ1n) is 11.9. The molecular weight excluding hydrogens is 466 g/mol. The van der Waals surface area contributed by atoms with E-state index in [9.17, 15) is 8.42 Å². The average molecular weight is 498 g/mol. The fourth-order valence-corrected chi connectivity index (χ4v) is 5.77. The minimum Gasteiger partial charge on any atom is -0.381 e. The van der Waals surface area contributed by atoms with E-state index in [-0.39, 0.29) is 16.6 Å². The second kappa shape index (κ2) is 9.65. The van der Waals surface area contributed by atoms with Crippen LogP contribution in [0, 0.1) is 12.8 Å². The Morgan fingerprint density at radius 1 is 1.23 bits per heavy atom. The molecule has 2 aliphatic rings. The number of nitrogens with one attached hydrogen (secondary N) is 1. The van der Waals surface area contributed by atoms with Crippen molar-refractivity contribution in [3.63, 3.8) is 0 Å². The molecule has 0 unspecified atom stereocenters. The maximum atomic E-state index is 12.8. The SMILES string of the molecule is Cc1cc(-c2cnc(N)c(-n3cc(S(=O)(=O)NCC4CCOCC4)cn3)n2)cc2c1CCN(C)C2. The number of likely N-dealkylation sites (N-methyl/N-ethyl adjacent to an activating group) is 1. The van der Waals surface area contributed by atoms with Gasteiger partial charge in [-0.05, 0) is 68.0 Å². The van der Waals surface area contributed by atoms with Crippen molar-refractivity contribution >= 4 is 15.8 Å². The van der Waals surface area contributed by atoms with Crippen LogP contribution in [0.5, 0.6) is 0 Å². The predicted molar refractivity (Wildman–Crippen MR) is 133 cm³/mol. The number of fused-ring (bicyclic) bond motifs is 1. The van der Waals surface area contributed by atoms with Crippen LogP contribution in [0.4, 0.5) is 5.82 Å². The highest BCUT2D eigenvalue weighted by molar-refractivity contribution is 7.89. The molecule has 0 amide bonds. The number of nitrogens with two attached hydrogens (primary N) is 1. The quantitative estimate of drug-likeness (QED) is 0.529. The van der Waals surface area contributed by atoms with E-state index in [2.05, 4.69) is 45.8 Å². The zero-order chi connectivity index (χ0) is 24.6. The summed E-state index contributed by atoms with van der Waals surface area (Å²) in [5.74, 6) is 0.734. The highest BCUT2D eigenvalue weighted by atomic mass is 32.2. The lowest BCUT2D eigenvalue weighted by Gasteiger charge is -2.27. The van der Waals surface area contributed by atoms with Crippen molar-refractivity contribution in [2.45, 2.75) is 37.6 Å². The molecule has 0 radical (unpaired) electrons. The molecular formula is C24H31N7O3S. The van der Waals surface area contributed by atoms with Crippen LogP contribution in [0.3, 0.4) is 0 Å².